The summed E-state index contributed by atoms with van der Waals surface area (Å²) in [7, 11) is -5.43. The van der Waals surface area contributed by atoms with Crippen LogP contribution in [-0.2, 0) is 19.9 Å². The molecule has 1 atom stereocenters. The first kappa shape index (κ1) is 17.4. The highest BCUT2D eigenvalue weighted by Gasteiger charge is 2.46. The van der Waals surface area contributed by atoms with Crippen molar-refractivity contribution in [3.8, 4) is 0 Å². The number of sulfonamides is 1. The van der Waals surface area contributed by atoms with Gasteiger partial charge in [0.2, 0.25) is 10.0 Å². The van der Waals surface area contributed by atoms with Crippen LogP contribution in [0.4, 0.5) is 0 Å². The summed E-state index contributed by atoms with van der Waals surface area (Å²) >= 11 is 0. The first-order valence-electron chi connectivity index (χ1n) is 7.16. The van der Waals surface area contributed by atoms with Gasteiger partial charge in [0.25, 0.3) is 0 Å². The maximum Gasteiger partial charge on any atom is 0.243 e. The molecule has 0 aromatic heterocycles. The van der Waals surface area contributed by atoms with E-state index in [0.29, 0.717) is 12.0 Å². The minimum absolute atomic E-state index is 0.0370. The molecule has 1 aromatic rings. The van der Waals surface area contributed by atoms with E-state index in [2.05, 4.69) is 0 Å². The molecule has 0 aliphatic carbocycles. The zero-order chi connectivity index (χ0) is 16.9. The van der Waals surface area contributed by atoms with Crippen LogP contribution in [0.15, 0.2) is 17.0 Å². The number of hydrogen-bond acceptors (Lipinski definition) is 4. The van der Waals surface area contributed by atoms with Crippen molar-refractivity contribution < 1.29 is 16.8 Å². The Labute approximate surface area is 133 Å². The number of aryl methyl sites for hydroxylation is 3. The molecular weight excluding hydrogens is 322 g/mol. The Morgan fingerprint density at radius 3 is 2.14 bits per heavy atom. The Balaban J connectivity index is 2.50. The summed E-state index contributed by atoms with van der Waals surface area (Å²) in [5.41, 5.74) is 1.73. The lowest BCUT2D eigenvalue weighted by molar-refractivity contribution is 0.272. The van der Waals surface area contributed by atoms with Crippen molar-refractivity contribution in [2.45, 2.75) is 44.6 Å². The van der Waals surface area contributed by atoms with Gasteiger partial charge in [-0.3, -0.25) is 0 Å². The third kappa shape index (κ3) is 2.94. The third-order valence-electron chi connectivity index (χ3n) is 4.67. The van der Waals surface area contributed by atoms with Gasteiger partial charge in [-0.15, -0.1) is 0 Å². The average Bonchev–Trinajstić information content (AvgIpc) is 2.68. The Morgan fingerprint density at radius 1 is 1.09 bits per heavy atom. The van der Waals surface area contributed by atoms with Gasteiger partial charge in [0.05, 0.1) is 16.4 Å². The molecule has 5 nitrogen and oxygen atoms in total. The van der Waals surface area contributed by atoms with E-state index in [1.165, 1.54) is 11.4 Å². The first-order chi connectivity index (χ1) is 9.89. The molecular formula is C15H23NO4S2. The van der Waals surface area contributed by atoms with E-state index >= 15 is 0 Å². The van der Waals surface area contributed by atoms with Crippen LogP contribution in [0.5, 0.6) is 0 Å². The first-order valence-corrected chi connectivity index (χ1v) is 10.4. The second-order valence-corrected chi connectivity index (χ2v) is 10.6. The van der Waals surface area contributed by atoms with E-state index in [9.17, 15) is 16.8 Å². The van der Waals surface area contributed by atoms with E-state index in [0.717, 1.165) is 11.1 Å². The molecule has 0 unspecified atom stereocenters. The van der Waals surface area contributed by atoms with Gasteiger partial charge in [0.1, 0.15) is 0 Å². The zero-order valence-electron chi connectivity index (χ0n) is 13.7. The fourth-order valence-corrected chi connectivity index (χ4v) is 6.98. The molecule has 1 heterocycles. The molecule has 1 fully saturated rings. The number of hydrogen-bond donors (Lipinski definition) is 0. The Kier molecular flexibility index (Phi) is 4.21. The summed E-state index contributed by atoms with van der Waals surface area (Å²) in [5.74, 6) is -0.0884. The molecule has 0 radical (unpaired) electrons. The van der Waals surface area contributed by atoms with Gasteiger partial charge in [0, 0.05) is 12.6 Å². The number of nitrogens with zero attached hydrogens (tertiary/aromatic N) is 1. The number of benzene rings is 1. The molecule has 1 aliphatic heterocycles. The quantitative estimate of drug-likeness (QED) is 0.837. The van der Waals surface area contributed by atoms with Crippen molar-refractivity contribution in [1.82, 2.24) is 4.31 Å². The van der Waals surface area contributed by atoms with Gasteiger partial charge in [-0.2, -0.15) is 4.31 Å². The Hall–Kier alpha value is -0.920. The lowest BCUT2D eigenvalue weighted by atomic mass is 10.0. The van der Waals surface area contributed by atoms with Crippen molar-refractivity contribution >= 4 is 19.9 Å². The predicted octanol–water partition coefficient (Wildman–Crippen LogP) is 1.81. The summed E-state index contributed by atoms with van der Waals surface area (Å²) in [6, 6.07) is 3.52. The standard InChI is InChI=1S/C15H23NO4S2/c1-11-8-13(3)14(9-12(11)2)22(19,20)16(5)15(4)6-7-21(17,18)10-15/h8-9H,6-7,10H2,1-5H3/t15-/m0/s1. The maximum atomic E-state index is 13.0. The fourth-order valence-electron chi connectivity index (χ4n) is 2.89. The SMILES string of the molecule is Cc1cc(C)c(S(=O)(=O)N(C)[C@@]2(C)CCS(=O)(=O)C2)cc1C. The Morgan fingerprint density at radius 2 is 1.64 bits per heavy atom. The van der Waals surface area contributed by atoms with Crippen molar-refractivity contribution in [2.24, 2.45) is 0 Å². The van der Waals surface area contributed by atoms with Crippen LogP contribution in [0.1, 0.15) is 30.0 Å². The number of sulfone groups is 1. The smallest absolute Gasteiger partial charge is 0.229 e. The monoisotopic (exact) mass is 345 g/mol. The minimum atomic E-state index is -3.73. The third-order valence-corrected chi connectivity index (χ3v) is 8.72. The van der Waals surface area contributed by atoms with Crippen molar-refractivity contribution in [3.63, 3.8) is 0 Å². The van der Waals surface area contributed by atoms with Gasteiger partial charge in [-0.05, 0) is 56.9 Å². The van der Waals surface area contributed by atoms with Gasteiger partial charge in [-0.1, -0.05) is 6.07 Å². The van der Waals surface area contributed by atoms with E-state index in [4.69, 9.17) is 0 Å². The van der Waals surface area contributed by atoms with Crippen LogP contribution >= 0.6 is 0 Å². The molecule has 1 aliphatic rings. The van der Waals surface area contributed by atoms with Crippen LogP contribution in [0.25, 0.3) is 0 Å². The van der Waals surface area contributed by atoms with Gasteiger partial charge in [-0.25, -0.2) is 16.8 Å². The largest absolute Gasteiger partial charge is 0.243 e. The van der Waals surface area contributed by atoms with E-state index in [-0.39, 0.29) is 16.4 Å². The topological polar surface area (TPSA) is 71.5 Å². The van der Waals surface area contributed by atoms with E-state index in [1.54, 1.807) is 19.9 Å². The zero-order valence-corrected chi connectivity index (χ0v) is 15.3. The second-order valence-electron chi connectivity index (χ2n) is 6.51. The molecule has 2 rings (SSSR count). The highest BCUT2D eigenvalue weighted by atomic mass is 32.2. The summed E-state index contributed by atoms with van der Waals surface area (Å²) < 4.78 is 50.7. The van der Waals surface area contributed by atoms with Crippen LogP contribution < -0.4 is 0 Å². The maximum absolute atomic E-state index is 13.0. The second kappa shape index (κ2) is 5.32. The average molecular weight is 345 g/mol. The molecule has 0 amide bonds. The minimum Gasteiger partial charge on any atom is -0.229 e. The van der Waals surface area contributed by atoms with Crippen LogP contribution in [0.2, 0.25) is 0 Å². The molecule has 0 bridgehead atoms. The van der Waals surface area contributed by atoms with Gasteiger partial charge >= 0.3 is 0 Å². The van der Waals surface area contributed by atoms with Crippen molar-refractivity contribution in [2.75, 3.05) is 18.6 Å². The molecule has 124 valence electrons. The predicted molar refractivity (Wildman–Crippen MR) is 87.3 cm³/mol. The molecule has 22 heavy (non-hydrogen) atoms. The van der Waals surface area contributed by atoms with Crippen molar-refractivity contribution in [1.29, 1.82) is 0 Å². The van der Waals surface area contributed by atoms with E-state index in [1.807, 2.05) is 19.9 Å². The van der Waals surface area contributed by atoms with Crippen LogP contribution in [0.3, 0.4) is 0 Å². The normalized spacial score (nSPS) is 24.8. The fraction of sp³-hybridized carbons (Fsp3) is 0.600. The van der Waals surface area contributed by atoms with Crippen molar-refractivity contribution in [3.05, 3.63) is 28.8 Å². The molecule has 0 spiro atoms. The highest BCUT2D eigenvalue weighted by Crippen LogP contribution is 2.34. The van der Waals surface area contributed by atoms with Gasteiger partial charge in [0.15, 0.2) is 9.84 Å². The summed E-state index contributed by atoms with van der Waals surface area (Å²) in [4.78, 5) is 0.253. The summed E-state index contributed by atoms with van der Waals surface area (Å²) in [5, 5.41) is 0. The molecule has 0 saturated carbocycles. The Bertz CT molecular complexity index is 812. The van der Waals surface area contributed by atoms with E-state index < -0.39 is 25.4 Å². The highest BCUT2D eigenvalue weighted by molar-refractivity contribution is 7.92. The summed E-state index contributed by atoms with van der Waals surface area (Å²) in [6.07, 6.45) is 0.328. The summed E-state index contributed by atoms with van der Waals surface area (Å²) in [6.45, 7) is 7.27. The lowest BCUT2D eigenvalue weighted by Gasteiger charge is -2.33. The molecule has 0 N–H and O–H groups in total. The molecule has 1 aromatic carbocycles. The van der Waals surface area contributed by atoms with Crippen LogP contribution in [-0.4, -0.2) is 45.2 Å². The lowest BCUT2D eigenvalue weighted by Crippen LogP contribution is -2.48. The van der Waals surface area contributed by atoms with Crippen LogP contribution in [0, 0.1) is 20.8 Å². The molecule has 7 heteroatoms. The number of rotatable bonds is 3. The van der Waals surface area contributed by atoms with Gasteiger partial charge < -0.3 is 0 Å². The molecule has 1 saturated heterocycles.